The lowest BCUT2D eigenvalue weighted by Gasteiger charge is -2.22. The lowest BCUT2D eigenvalue weighted by molar-refractivity contribution is 0.172. The van der Waals surface area contributed by atoms with E-state index in [9.17, 15) is 4.79 Å². The Morgan fingerprint density at radius 2 is 2.04 bits per heavy atom. The van der Waals surface area contributed by atoms with Crippen LogP contribution in [0.15, 0.2) is 36.4 Å². The highest BCUT2D eigenvalue weighted by Gasteiger charge is 2.20. The summed E-state index contributed by atoms with van der Waals surface area (Å²) in [4.78, 5) is 14.2. The number of urea groups is 1. The van der Waals surface area contributed by atoms with Crippen molar-refractivity contribution in [3.8, 4) is 11.5 Å². The number of benzene rings is 2. The first-order valence-electron chi connectivity index (χ1n) is 7.47. The smallest absolute Gasteiger partial charge is 0.322 e. The van der Waals surface area contributed by atoms with Crippen molar-refractivity contribution >= 4 is 34.9 Å². The van der Waals surface area contributed by atoms with Gasteiger partial charge in [-0.2, -0.15) is 0 Å². The Hall–Kier alpha value is -2.11. The van der Waals surface area contributed by atoms with Crippen molar-refractivity contribution in [1.82, 2.24) is 4.90 Å². The van der Waals surface area contributed by atoms with E-state index in [1.165, 1.54) is 0 Å². The van der Waals surface area contributed by atoms with Crippen molar-refractivity contribution in [1.29, 1.82) is 0 Å². The van der Waals surface area contributed by atoms with Gasteiger partial charge in [0.1, 0.15) is 0 Å². The normalized spacial score (nSPS) is 12.1. The summed E-state index contributed by atoms with van der Waals surface area (Å²) in [5, 5.41) is 3.66. The molecule has 1 heterocycles. The number of hydrogen-bond donors (Lipinski definition) is 1. The number of para-hydroxylation sites is 1. The van der Waals surface area contributed by atoms with Crippen LogP contribution in [0.25, 0.3) is 0 Å². The molecule has 2 aromatic rings. The molecule has 0 spiro atoms. The predicted molar refractivity (Wildman–Crippen MR) is 94.1 cm³/mol. The Labute approximate surface area is 150 Å². The van der Waals surface area contributed by atoms with Crippen molar-refractivity contribution in [2.75, 3.05) is 18.7 Å². The summed E-state index contributed by atoms with van der Waals surface area (Å²) in [6, 6.07) is 10.4. The number of fused-ring (bicyclic) bond motifs is 1. The number of halogens is 2. The summed E-state index contributed by atoms with van der Waals surface area (Å²) in [5.41, 5.74) is 1.49. The van der Waals surface area contributed by atoms with Gasteiger partial charge in [0.05, 0.1) is 16.6 Å². The highest BCUT2D eigenvalue weighted by molar-refractivity contribution is 6.42. The van der Waals surface area contributed by atoms with Gasteiger partial charge >= 0.3 is 6.03 Å². The molecule has 0 fully saturated rings. The van der Waals surface area contributed by atoms with Crippen LogP contribution in [0.2, 0.25) is 10.0 Å². The molecule has 0 radical (unpaired) electrons. The maximum atomic E-state index is 12.5. The largest absolute Gasteiger partial charge is 0.454 e. The molecule has 1 aliphatic rings. The fourth-order valence-corrected chi connectivity index (χ4v) is 2.72. The van der Waals surface area contributed by atoms with Crippen LogP contribution in [0.5, 0.6) is 11.5 Å². The lowest BCUT2D eigenvalue weighted by atomic mass is 10.1. The van der Waals surface area contributed by atoms with Gasteiger partial charge in [-0.3, -0.25) is 0 Å². The fourth-order valence-electron chi connectivity index (χ4n) is 2.42. The van der Waals surface area contributed by atoms with Crippen molar-refractivity contribution in [3.63, 3.8) is 0 Å². The minimum absolute atomic E-state index is 0.202. The average Bonchev–Trinajstić information content (AvgIpc) is 3.05. The van der Waals surface area contributed by atoms with Gasteiger partial charge in [0, 0.05) is 17.8 Å². The number of ether oxygens (including phenoxy) is 2. The molecular formula is C17H16Cl2N2O3. The number of nitrogens with zero attached hydrogens (tertiary/aromatic N) is 1. The van der Waals surface area contributed by atoms with E-state index in [1.807, 2.05) is 25.1 Å². The number of anilines is 1. The van der Waals surface area contributed by atoms with Crippen molar-refractivity contribution in [2.45, 2.75) is 13.5 Å². The molecule has 126 valence electrons. The van der Waals surface area contributed by atoms with Crippen LogP contribution in [-0.2, 0) is 6.54 Å². The molecule has 1 N–H and O–H groups in total. The molecule has 0 bridgehead atoms. The Kier molecular flexibility index (Phi) is 5.02. The van der Waals surface area contributed by atoms with E-state index in [0.29, 0.717) is 40.3 Å². The summed E-state index contributed by atoms with van der Waals surface area (Å²) < 4.78 is 10.9. The van der Waals surface area contributed by atoms with Crippen LogP contribution < -0.4 is 14.8 Å². The van der Waals surface area contributed by atoms with Crippen molar-refractivity contribution in [2.24, 2.45) is 0 Å². The molecular weight excluding hydrogens is 351 g/mol. The predicted octanol–water partition coefficient (Wildman–Crippen LogP) is 4.78. The summed E-state index contributed by atoms with van der Waals surface area (Å²) in [6.45, 7) is 3.07. The molecule has 3 rings (SSSR count). The zero-order chi connectivity index (χ0) is 17.1. The molecule has 24 heavy (non-hydrogen) atoms. The zero-order valence-electron chi connectivity index (χ0n) is 13.0. The molecule has 0 aromatic heterocycles. The zero-order valence-corrected chi connectivity index (χ0v) is 14.5. The molecule has 7 heteroatoms. The number of carbonyl (C=O) groups is 1. The third kappa shape index (κ3) is 3.52. The number of amides is 2. The number of hydrogen-bond acceptors (Lipinski definition) is 3. The van der Waals surface area contributed by atoms with Crippen LogP contribution in [0.1, 0.15) is 12.5 Å². The van der Waals surface area contributed by atoms with Gasteiger partial charge in [0.2, 0.25) is 6.79 Å². The Morgan fingerprint density at radius 1 is 1.21 bits per heavy atom. The van der Waals surface area contributed by atoms with Crippen LogP contribution in [0, 0.1) is 0 Å². The third-order valence-electron chi connectivity index (χ3n) is 3.68. The van der Waals surface area contributed by atoms with E-state index >= 15 is 0 Å². The van der Waals surface area contributed by atoms with Crippen molar-refractivity contribution in [3.05, 3.63) is 52.0 Å². The summed E-state index contributed by atoms with van der Waals surface area (Å²) >= 11 is 11.9. The first-order valence-corrected chi connectivity index (χ1v) is 8.22. The van der Waals surface area contributed by atoms with Crippen LogP contribution in [0.3, 0.4) is 0 Å². The lowest BCUT2D eigenvalue weighted by Crippen LogP contribution is -2.34. The Balaban J connectivity index is 1.73. The van der Waals surface area contributed by atoms with Crippen LogP contribution >= 0.6 is 23.2 Å². The van der Waals surface area contributed by atoms with E-state index < -0.39 is 0 Å². The van der Waals surface area contributed by atoms with Gasteiger partial charge < -0.3 is 19.7 Å². The van der Waals surface area contributed by atoms with Crippen LogP contribution in [0.4, 0.5) is 10.5 Å². The minimum Gasteiger partial charge on any atom is -0.454 e. The van der Waals surface area contributed by atoms with Gasteiger partial charge in [-0.1, -0.05) is 35.3 Å². The van der Waals surface area contributed by atoms with E-state index in [1.54, 1.807) is 23.1 Å². The highest BCUT2D eigenvalue weighted by Crippen LogP contribution is 2.36. The molecule has 0 saturated carbocycles. The molecule has 0 atom stereocenters. The van der Waals surface area contributed by atoms with E-state index in [2.05, 4.69) is 5.32 Å². The van der Waals surface area contributed by atoms with E-state index in [4.69, 9.17) is 32.7 Å². The SMILES string of the molecule is CCN(Cc1cccc2c1OCO2)C(=O)Nc1ccc(Cl)c(Cl)c1. The summed E-state index contributed by atoms with van der Waals surface area (Å²) in [5.74, 6) is 1.40. The molecule has 0 unspecified atom stereocenters. The fraction of sp³-hybridized carbons (Fsp3) is 0.235. The number of rotatable bonds is 4. The summed E-state index contributed by atoms with van der Waals surface area (Å²) in [7, 11) is 0. The topological polar surface area (TPSA) is 50.8 Å². The molecule has 0 aliphatic carbocycles. The highest BCUT2D eigenvalue weighted by atomic mass is 35.5. The Morgan fingerprint density at radius 3 is 2.79 bits per heavy atom. The molecule has 0 saturated heterocycles. The average molecular weight is 367 g/mol. The van der Waals surface area contributed by atoms with E-state index in [0.717, 1.165) is 5.56 Å². The van der Waals surface area contributed by atoms with Crippen molar-refractivity contribution < 1.29 is 14.3 Å². The quantitative estimate of drug-likeness (QED) is 0.847. The van der Waals surface area contributed by atoms with E-state index in [-0.39, 0.29) is 12.8 Å². The third-order valence-corrected chi connectivity index (χ3v) is 4.42. The second kappa shape index (κ2) is 7.20. The maximum Gasteiger partial charge on any atom is 0.322 e. The first kappa shape index (κ1) is 16.7. The molecule has 5 nitrogen and oxygen atoms in total. The second-order valence-corrected chi connectivity index (χ2v) is 6.04. The summed E-state index contributed by atoms with van der Waals surface area (Å²) in [6.07, 6.45) is 0. The molecule has 1 aliphatic heterocycles. The van der Waals surface area contributed by atoms with Gasteiger partial charge in [0.25, 0.3) is 0 Å². The Bertz CT molecular complexity index is 767. The molecule has 2 amide bonds. The van der Waals surface area contributed by atoms with Crippen LogP contribution in [-0.4, -0.2) is 24.3 Å². The number of carbonyl (C=O) groups excluding carboxylic acids is 1. The second-order valence-electron chi connectivity index (χ2n) is 5.22. The monoisotopic (exact) mass is 366 g/mol. The molecule has 2 aromatic carbocycles. The van der Waals surface area contributed by atoms with Gasteiger partial charge in [0.15, 0.2) is 11.5 Å². The minimum atomic E-state index is -0.229. The van der Waals surface area contributed by atoms with Gasteiger partial charge in [-0.15, -0.1) is 0 Å². The van der Waals surface area contributed by atoms with Gasteiger partial charge in [-0.05, 0) is 31.2 Å². The number of nitrogens with one attached hydrogen (secondary N) is 1. The first-order chi connectivity index (χ1) is 11.6. The maximum absolute atomic E-state index is 12.5. The van der Waals surface area contributed by atoms with Gasteiger partial charge in [-0.25, -0.2) is 4.79 Å². The standard InChI is InChI=1S/C17H16Cl2N2O3/c1-2-21(9-11-4-3-5-15-16(11)24-10-23-15)17(22)20-12-6-7-13(18)14(19)8-12/h3-8H,2,9-10H2,1H3,(H,20,22).